The molecule has 0 amide bonds. The molecular formula is C15H9F3N2O2. The van der Waals surface area contributed by atoms with Gasteiger partial charge in [0.2, 0.25) is 5.88 Å². The zero-order chi connectivity index (χ0) is 16.2. The summed E-state index contributed by atoms with van der Waals surface area (Å²) in [5.74, 6) is -0.151. The molecule has 0 saturated carbocycles. The average Bonchev–Trinajstić information content (AvgIpc) is 2.47. The maximum absolute atomic E-state index is 12.4. The molecule has 0 N–H and O–H groups in total. The van der Waals surface area contributed by atoms with Gasteiger partial charge in [-0.05, 0) is 18.2 Å². The van der Waals surface area contributed by atoms with Crippen LogP contribution in [0.4, 0.5) is 13.2 Å². The summed E-state index contributed by atoms with van der Waals surface area (Å²) in [4.78, 5) is 15.2. The van der Waals surface area contributed by atoms with E-state index in [1.54, 1.807) is 12.1 Å². The van der Waals surface area contributed by atoms with Crippen LogP contribution in [0.2, 0.25) is 0 Å². The van der Waals surface area contributed by atoms with E-state index < -0.39 is 11.7 Å². The number of carbonyl (C=O) groups is 1. The molecule has 1 heterocycles. The standard InChI is InChI=1S/C15H9F3N2O2/c16-15(17,18)11-4-5-14(20-9-11)22-12-3-1-2-10(8-12)13(21)6-7-19/h1-5,8-9H,6H2. The largest absolute Gasteiger partial charge is 0.439 e. The minimum Gasteiger partial charge on any atom is -0.439 e. The molecule has 0 aliphatic heterocycles. The van der Waals surface area contributed by atoms with Crippen molar-refractivity contribution < 1.29 is 22.7 Å². The number of ether oxygens (including phenoxy) is 1. The van der Waals surface area contributed by atoms with Gasteiger partial charge < -0.3 is 4.74 Å². The van der Waals surface area contributed by atoms with Gasteiger partial charge in [0.1, 0.15) is 5.75 Å². The van der Waals surface area contributed by atoms with Crippen molar-refractivity contribution in [1.29, 1.82) is 5.26 Å². The molecule has 2 aromatic rings. The monoisotopic (exact) mass is 306 g/mol. The number of rotatable bonds is 4. The Labute approximate surface area is 123 Å². The van der Waals surface area contributed by atoms with Crippen molar-refractivity contribution in [3.05, 3.63) is 53.7 Å². The number of halogens is 3. The Morgan fingerprint density at radius 1 is 1.27 bits per heavy atom. The van der Waals surface area contributed by atoms with Crippen molar-refractivity contribution in [2.45, 2.75) is 12.6 Å². The Kier molecular flexibility index (Phi) is 4.41. The molecule has 0 bridgehead atoms. The number of benzene rings is 1. The molecule has 1 aromatic heterocycles. The third-order valence-corrected chi connectivity index (χ3v) is 2.68. The van der Waals surface area contributed by atoms with Gasteiger partial charge in [-0.15, -0.1) is 0 Å². The quantitative estimate of drug-likeness (QED) is 0.801. The highest BCUT2D eigenvalue weighted by Gasteiger charge is 2.30. The molecule has 0 unspecified atom stereocenters. The lowest BCUT2D eigenvalue weighted by molar-refractivity contribution is -0.137. The van der Waals surface area contributed by atoms with E-state index >= 15 is 0 Å². The van der Waals surface area contributed by atoms with E-state index in [2.05, 4.69) is 4.98 Å². The summed E-state index contributed by atoms with van der Waals surface area (Å²) in [6.07, 6.45) is -4.06. The lowest BCUT2D eigenvalue weighted by atomic mass is 10.1. The van der Waals surface area contributed by atoms with Gasteiger partial charge in [-0.2, -0.15) is 18.4 Å². The van der Waals surface area contributed by atoms with Crippen LogP contribution in [0.3, 0.4) is 0 Å². The predicted octanol–water partition coefficient (Wildman–Crippen LogP) is 3.99. The fraction of sp³-hybridized carbons (Fsp3) is 0.133. The number of Topliss-reactive ketones (excluding diaryl/α,β-unsaturated/α-hetero) is 1. The Balaban J connectivity index is 2.16. The van der Waals surface area contributed by atoms with Gasteiger partial charge in [0, 0.05) is 17.8 Å². The second-order valence-electron chi connectivity index (χ2n) is 4.27. The van der Waals surface area contributed by atoms with Crippen molar-refractivity contribution >= 4 is 5.78 Å². The fourth-order valence-corrected chi connectivity index (χ4v) is 1.64. The SMILES string of the molecule is N#CCC(=O)c1cccc(Oc2ccc(C(F)(F)F)cn2)c1. The number of pyridine rings is 1. The topological polar surface area (TPSA) is 63.0 Å². The highest BCUT2D eigenvalue weighted by atomic mass is 19.4. The van der Waals surface area contributed by atoms with Crippen molar-refractivity contribution in [1.82, 2.24) is 4.98 Å². The molecule has 22 heavy (non-hydrogen) atoms. The summed E-state index contributed by atoms with van der Waals surface area (Å²) in [6.45, 7) is 0. The van der Waals surface area contributed by atoms with Gasteiger partial charge in [0.25, 0.3) is 0 Å². The highest BCUT2D eigenvalue weighted by Crippen LogP contribution is 2.30. The molecule has 7 heteroatoms. The summed E-state index contributed by atoms with van der Waals surface area (Å²) >= 11 is 0. The number of alkyl halides is 3. The van der Waals surface area contributed by atoms with Crippen LogP contribution in [0, 0.1) is 11.3 Å². The number of nitrogens with zero attached hydrogens (tertiary/aromatic N) is 2. The van der Waals surface area contributed by atoms with Crippen LogP contribution in [0.25, 0.3) is 0 Å². The molecule has 0 atom stereocenters. The minimum absolute atomic E-state index is 0.0297. The average molecular weight is 306 g/mol. The maximum Gasteiger partial charge on any atom is 0.417 e. The highest BCUT2D eigenvalue weighted by molar-refractivity contribution is 5.97. The Hall–Kier alpha value is -2.88. The number of carbonyl (C=O) groups excluding carboxylic acids is 1. The van der Waals surface area contributed by atoms with E-state index in [-0.39, 0.29) is 29.4 Å². The zero-order valence-electron chi connectivity index (χ0n) is 11.1. The van der Waals surface area contributed by atoms with Gasteiger partial charge in [-0.1, -0.05) is 12.1 Å². The third-order valence-electron chi connectivity index (χ3n) is 2.68. The molecule has 0 saturated heterocycles. The van der Waals surface area contributed by atoms with Crippen molar-refractivity contribution in [2.75, 3.05) is 0 Å². The van der Waals surface area contributed by atoms with Gasteiger partial charge in [-0.25, -0.2) is 4.98 Å². The first-order chi connectivity index (χ1) is 10.4. The van der Waals surface area contributed by atoms with E-state index in [0.717, 1.165) is 12.1 Å². The molecule has 0 fully saturated rings. The molecule has 0 radical (unpaired) electrons. The lowest BCUT2D eigenvalue weighted by Gasteiger charge is -2.08. The Morgan fingerprint density at radius 3 is 2.64 bits per heavy atom. The van der Waals surface area contributed by atoms with Gasteiger partial charge in [-0.3, -0.25) is 4.79 Å². The molecule has 0 spiro atoms. The van der Waals surface area contributed by atoms with Gasteiger partial charge in [0.15, 0.2) is 5.78 Å². The molecular weight excluding hydrogens is 297 g/mol. The maximum atomic E-state index is 12.4. The number of hydrogen-bond acceptors (Lipinski definition) is 4. The summed E-state index contributed by atoms with van der Waals surface area (Å²) < 4.78 is 42.5. The van der Waals surface area contributed by atoms with E-state index in [0.29, 0.717) is 6.20 Å². The number of nitriles is 1. The zero-order valence-corrected chi connectivity index (χ0v) is 11.1. The summed E-state index contributed by atoms with van der Waals surface area (Å²) in [5, 5.41) is 8.49. The first kappa shape index (κ1) is 15.5. The fourth-order valence-electron chi connectivity index (χ4n) is 1.64. The smallest absolute Gasteiger partial charge is 0.417 e. The van der Waals surface area contributed by atoms with E-state index in [9.17, 15) is 18.0 Å². The van der Waals surface area contributed by atoms with Gasteiger partial charge >= 0.3 is 6.18 Å². The van der Waals surface area contributed by atoms with Crippen LogP contribution >= 0.6 is 0 Å². The van der Waals surface area contributed by atoms with Crippen LogP contribution in [-0.4, -0.2) is 10.8 Å². The molecule has 2 rings (SSSR count). The molecule has 4 nitrogen and oxygen atoms in total. The summed E-state index contributed by atoms with van der Waals surface area (Å²) in [5.41, 5.74) is -0.594. The Bertz CT molecular complexity index is 719. The lowest BCUT2D eigenvalue weighted by Crippen LogP contribution is -2.05. The van der Waals surface area contributed by atoms with Crippen LogP contribution in [-0.2, 0) is 6.18 Å². The summed E-state index contributed by atoms with van der Waals surface area (Å²) in [7, 11) is 0. The number of ketones is 1. The van der Waals surface area contributed by atoms with Crippen LogP contribution < -0.4 is 4.74 Å². The predicted molar refractivity (Wildman–Crippen MR) is 70.3 cm³/mol. The van der Waals surface area contributed by atoms with Gasteiger partial charge in [0.05, 0.1) is 18.1 Å². The normalized spacial score (nSPS) is 10.8. The number of hydrogen-bond donors (Lipinski definition) is 0. The molecule has 112 valence electrons. The summed E-state index contributed by atoms with van der Waals surface area (Å²) in [6, 6.07) is 9.69. The van der Waals surface area contributed by atoms with E-state index in [4.69, 9.17) is 10.00 Å². The second kappa shape index (κ2) is 6.26. The van der Waals surface area contributed by atoms with Crippen molar-refractivity contribution in [3.63, 3.8) is 0 Å². The third kappa shape index (κ3) is 3.82. The second-order valence-corrected chi connectivity index (χ2v) is 4.27. The van der Waals surface area contributed by atoms with Crippen molar-refractivity contribution in [3.8, 4) is 17.7 Å². The van der Waals surface area contributed by atoms with E-state index in [1.807, 2.05) is 0 Å². The van der Waals surface area contributed by atoms with Crippen LogP contribution in [0.15, 0.2) is 42.6 Å². The van der Waals surface area contributed by atoms with Crippen LogP contribution in [0.1, 0.15) is 22.3 Å². The molecule has 1 aromatic carbocycles. The first-order valence-corrected chi connectivity index (χ1v) is 6.11. The minimum atomic E-state index is -4.46. The molecule has 0 aliphatic carbocycles. The molecule has 0 aliphatic rings. The van der Waals surface area contributed by atoms with Crippen molar-refractivity contribution in [2.24, 2.45) is 0 Å². The Morgan fingerprint density at radius 2 is 2.05 bits per heavy atom. The van der Waals surface area contributed by atoms with Crippen LogP contribution in [0.5, 0.6) is 11.6 Å². The van der Waals surface area contributed by atoms with E-state index in [1.165, 1.54) is 18.2 Å². The number of aromatic nitrogens is 1. The first-order valence-electron chi connectivity index (χ1n) is 6.11.